The zero-order valence-electron chi connectivity index (χ0n) is 16.1. The second-order valence-corrected chi connectivity index (χ2v) is 7.74. The van der Waals surface area contributed by atoms with Gasteiger partial charge in [-0.3, -0.25) is 9.59 Å². The van der Waals surface area contributed by atoms with E-state index in [0.717, 1.165) is 22.3 Å². The number of hydroxylamine groups is 2. The van der Waals surface area contributed by atoms with E-state index in [1.54, 1.807) is 19.1 Å². The number of ketones is 1. The van der Waals surface area contributed by atoms with Crippen LogP contribution in [0.15, 0.2) is 12.1 Å². The number of likely N-dealkylation sites (tertiary alicyclic amines) is 1. The molecule has 2 aliphatic rings. The van der Waals surface area contributed by atoms with Gasteiger partial charge in [-0.25, -0.2) is 0 Å². The monoisotopic (exact) mass is 344 g/mol. The second kappa shape index (κ2) is 5.92. The Morgan fingerprint density at radius 3 is 2.04 bits per heavy atom. The Bertz CT molecular complexity index is 711. The lowest BCUT2D eigenvalue weighted by atomic mass is 9.70. The molecule has 0 aliphatic carbocycles. The van der Waals surface area contributed by atoms with Gasteiger partial charge in [-0.05, 0) is 57.2 Å². The maximum atomic E-state index is 13.7. The highest BCUT2D eigenvalue weighted by molar-refractivity contribution is 6.21. The molecule has 0 aromatic heterocycles. The van der Waals surface area contributed by atoms with Crippen molar-refractivity contribution in [3.05, 3.63) is 34.4 Å². The van der Waals surface area contributed by atoms with E-state index < -0.39 is 11.0 Å². The minimum absolute atomic E-state index is 0.0401. The van der Waals surface area contributed by atoms with Crippen molar-refractivity contribution in [3.8, 4) is 0 Å². The Morgan fingerprint density at radius 1 is 1.04 bits per heavy atom. The quantitative estimate of drug-likeness (QED) is 0.773. The van der Waals surface area contributed by atoms with Crippen LogP contribution < -0.4 is 0 Å². The number of piperidine rings is 1. The van der Waals surface area contributed by atoms with Gasteiger partial charge >= 0.3 is 0 Å². The Morgan fingerprint density at radius 2 is 1.56 bits per heavy atom. The standard InChI is InChI=1S/C20H28N2O3/c1-13-11-14(2)16(15(3)12-13)19(4)17(23)20(21(5)18(19)24)7-9-22(25-6)10-8-20/h11-12H,7-10H2,1-6H3. The summed E-state index contributed by atoms with van der Waals surface area (Å²) in [5.74, 6) is -0.0447. The van der Waals surface area contributed by atoms with Crippen molar-refractivity contribution in [1.29, 1.82) is 0 Å². The van der Waals surface area contributed by atoms with Crippen molar-refractivity contribution >= 4 is 11.7 Å². The summed E-state index contributed by atoms with van der Waals surface area (Å²) in [5, 5.41) is 1.86. The Kier molecular flexibility index (Phi) is 4.28. The Balaban J connectivity index is 2.10. The molecule has 1 unspecified atom stereocenters. The molecule has 1 spiro atoms. The van der Waals surface area contributed by atoms with Crippen molar-refractivity contribution in [1.82, 2.24) is 9.96 Å². The molecule has 0 N–H and O–H groups in total. The smallest absolute Gasteiger partial charge is 0.241 e. The summed E-state index contributed by atoms with van der Waals surface area (Å²) < 4.78 is 0. The van der Waals surface area contributed by atoms with Gasteiger partial charge in [0, 0.05) is 20.1 Å². The maximum absolute atomic E-state index is 13.7. The lowest BCUT2D eigenvalue weighted by Crippen LogP contribution is -2.55. The van der Waals surface area contributed by atoms with Gasteiger partial charge in [0.05, 0.1) is 7.11 Å². The first kappa shape index (κ1) is 18.1. The van der Waals surface area contributed by atoms with Crippen molar-refractivity contribution in [3.63, 3.8) is 0 Å². The molecule has 2 saturated heterocycles. The van der Waals surface area contributed by atoms with Crippen LogP contribution in [0.2, 0.25) is 0 Å². The average Bonchev–Trinajstić information content (AvgIpc) is 2.70. The van der Waals surface area contributed by atoms with E-state index in [0.29, 0.717) is 25.9 Å². The Hall–Kier alpha value is -1.72. The second-order valence-electron chi connectivity index (χ2n) is 7.74. The first-order valence-electron chi connectivity index (χ1n) is 8.89. The van der Waals surface area contributed by atoms with Crippen LogP contribution in [0, 0.1) is 20.8 Å². The summed E-state index contributed by atoms with van der Waals surface area (Å²) in [6, 6.07) is 4.12. The highest BCUT2D eigenvalue weighted by Crippen LogP contribution is 2.47. The highest BCUT2D eigenvalue weighted by Gasteiger charge is 2.64. The number of hydrogen-bond donors (Lipinski definition) is 0. The van der Waals surface area contributed by atoms with Gasteiger partial charge < -0.3 is 9.74 Å². The van der Waals surface area contributed by atoms with E-state index in [2.05, 4.69) is 12.1 Å². The highest BCUT2D eigenvalue weighted by atomic mass is 16.7. The van der Waals surface area contributed by atoms with Gasteiger partial charge in [0.25, 0.3) is 0 Å². The summed E-state index contributed by atoms with van der Waals surface area (Å²) >= 11 is 0. The summed E-state index contributed by atoms with van der Waals surface area (Å²) in [6.07, 6.45) is 1.23. The number of carbonyl (C=O) groups excluding carboxylic acids is 2. The lowest BCUT2D eigenvalue weighted by Gasteiger charge is -2.41. The van der Waals surface area contributed by atoms with Crippen LogP contribution in [-0.2, 0) is 19.8 Å². The topological polar surface area (TPSA) is 49.9 Å². The normalized spacial score (nSPS) is 26.7. The molecule has 2 fully saturated rings. The first-order chi connectivity index (χ1) is 11.7. The summed E-state index contributed by atoms with van der Waals surface area (Å²) in [4.78, 5) is 34.0. The van der Waals surface area contributed by atoms with Crippen LogP contribution in [0.1, 0.15) is 42.0 Å². The van der Waals surface area contributed by atoms with Gasteiger partial charge in [0.1, 0.15) is 11.0 Å². The Labute approximate surface area is 149 Å². The largest absolute Gasteiger partial charge is 0.332 e. The molecule has 1 amide bonds. The molecule has 0 saturated carbocycles. The van der Waals surface area contributed by atoms with E-state index in [1.807, 2.05) is 32.8 Å². The average molecular weight is 344 g/mol. The summed E-state index contributed by atoms with van der Waals surface area (Å²) in [7, 11) is 3.43. The molecule has 5 heteroatoms. The fraction of sp³-hybridized carbons (Fsp3) is 0.600. The number of rotatable bonds is 2. The fourth-order valence-electron chi connectivity index (χ4n) is 5.03. The number of carbonyl (C=O) groups is 2. The van der Waals surface area contributed by atoms with Gasteiger partial charge in [-0.1, -0.05) is 17.7 Å². The van der Waals surface area contributed by atoms with Gasteiger partial charge in [0.2, 0.25) is 5.91 Å². The SMILES string of the molecule is CON1CCC2(CC1)C(=O)C(C)(c1c(C)cc(C)cc1C)C(=O)N2C. The number of aryl methyl sites for hydroxylation is 3. The predicted molar refractivity (Wildman–Crippen MR) is 96.3 cm³/mol. The molecule has 3 rings (SSSR count). The molecule has 0 radical (unpaired) electrons. The van der Waals surface area contributed by atoms with Crippen LogP contribution in [-0.4, -0.2) is 54.4 Å². The summed E-state index contributed by atoms with van der Waals surface area (Å²) in [5.41, 5.74) is 2.24. The minimum atomic E-state index is -1.11. The molecule has 2 heterocycles. The van der Waals surface area contributed by atoms with Crippen molar-refractivity contribution in [2.45, 2.75) is 51.5 Å². The molecule has 1 atom stereocenters. The molecule has 136 valence electrons. The maximum Gasteiger partial charge on any atom is 0.241 e. The fourth-order valence-corrected chi connectivity index (χ4v) is 5.03. The third-order valence-corrected chi connectivity index (χ3v) is 6.24. The van der Waals surface area contributed by atoms with Crippen LogP contribution in [0.4, 0.5) is 0 Å². The van der Waals surface area contributed by atoms with Gasteiger partial charge in [-0.2, -0.15) is 5.06 Å². The minimum Gasteiger partial charge on any atom is -0.332 e. The molecule has 25 heavy (non-hydrogen) atoms. The molecular formula is C20H28N2O3. The number of likely N-dealkylation sites (N-methyl/N-ethyl adjacent to an activating group) is 1. The molecule has 5 nitrogen and oxygen atoms in total. The zero-order chi connectivity index (χ0) is 18.6. The van der Waals surface area contributed by atoms with E-state index in [9.17, 15) is 9.59 Å². The molecule has 2 aliphatic heterocycles. The van der Waals surface area contributed by atoms with Crippen LogP contribution >= 0.6 is 0 Å². The molecule has 1 aromatic carbocycles. The van der Waals surface area contributed by atoms with Crippen molar-refractivity contribution in [2.24, 2.45) is 0 Å². The van der Waals surface area contributed by atoms with Crippen LogP contribution in [0.3, 0.4) is 0 Å². The summed E-state index contributed by atoms with van der Waals surface area (Å²) in [6.45, 7) is 9.16. The van der Waals surface area contributed by atoms with Crippen molar-refractivity contribution < 1.29 is 14.4 Å². The third kappa shape index (κ3) is 2.36. The lowest BCUT2D eigenvalue weighted by molar-refractivity contribution is -0.165. The van der Waals surface area contributed by atoms with E-state index in [-0.39, 0.29) is 11.7 Å². The number of nitrogens with zero attached hydrogens (tertiary/aromatic N) is 2. The molecule has 0 bridgehead atoms. The number of Topliss-reactive ketones (excluding diaryl/α,β-unsaturated/α-hetero) is 1. The molecule has 1 aromatic rings. The van der Waals surface area contributed by atoms with E-state index >= 15 is 0 Å². The number of amides is 1. The zero-order valence-corrected chi connectivity index (χ0v) is 16.1. The number of hydrogen-bond acceptors (Lipinski definition) is 4. The van der Waals surface area contributed by atoms with E-state index in [1.165, 1.54) is 0 Å². The van der Waals surface area contributed by atoms with Crippen LogP contribution in [0.25, 0.3) is 0 Å². The first-order valence-corrected chi connectivity index (χ1v) is 8.89. The van der Waals surface area contributed by atoms with Crippen molar-refractivity contribution in [2.75, 3.05) is 27.2 Å². The van der Waals surface area contributed by atoms with E-state index in [4.69, 9.17) is 4.84 Å². The predicted octanol–water partition coefficient (Wildman–Crippen LogP) is 2.31. The number of benzene rings is 1. The third-order valence-electron chi connectivity index (χ3n) is 6.24. The molecular weight excluding hydrogens is 316 g/mol. The van der Waals surface area contributed by atoms with Crippen LogP contribution in [0.5, 0.6) is 0 Å². The van der Waals surface area contributed by atoms with Gasteiger partial charge in [0.15, 0.2) is 5.78 Å². The van der Waals surface area contributed by atoms with Gasteiger partial charge in [-0.15, -0.1) is 0 Å².